The zero-order chi connectivity index (χ0) is 18.8. The molecule has 3 aliphatic rings. The lowest BCUT2D eigenvalue weighted by Gasteiger charge is -2.23. The van der Waals surface area contributed by atoms with Gasteiger partial charge in [0.1, 0.15) is 5.78 Å². The second-order valence-electron chi connectivity index (χ2n) is 7.72. The first kappa shape index (κ1) is 18.6. The van der Waals surface area contributed by atoms with Crippen molar-refractivity contribution < 1.29 is 9.59 Å². The molecule has 0 saturated carbocycles. The molecule has 0 bridgehead atoms. The molecule has 2 fully saturated rings. The van der Waals surface area contributed by atoms with Gasteiger partial charge >= 0.3 is 0 Å². The zero-order valence-electron chi connectivity index (χ0n) is 15.6. The Hall–Kier alpha value is -1.79. The van der Waals surface area contributed by atoms with Crippen molar-refractivity contribution in [3.63, 3.8) is 0 Å². The highest BCUT2D eigenvalue weighted by molar-refractivity contribution is 7.99. The van der Waals surface area contributed by atoms with Crippen molar-refractivity contribution in [2.45, 2.75) is 38.1 Å². The predicted molar refractivity (Wildman–Crippen MR) is 110 cm³/mol. The number of ketones is 1. The predicted octanol–water partition coefficient (Wildman–Crippen LogP) is 2.46. The van der Waals surface area contributed by atoms with E-state index in [1.165, 1.54) is 16.7 Å². The number of thioether (sulfide) groups is 1. The Kier molecular flexibility index (Phi) is 5.55. The SMILES string of the molecule is Nc1ccc2c(c1)C=C(CCCC(=O)C1CCN[C@H]1C(=O)N1CCSC1)C2. The third-order valence-corrected chi connectivity index (χ3v) is 6.80. The molecule has 27 heavy (non-hydrogen) atoms. The van der Waals surface area contributed by atoms with Crippen LogP contribution in [0.1, 0.15) is 36.8 Å². The van der Waals surface area contributed by atoms with Crippen molar-refractivity contribution in [1.29, 1.82) is 0 Å². The van der Waals surface area contributed by atoms with Crippen LogP contribution in [0.4, 0.5) is 5.69 Å². The number of nitrogens with two attached hydrogens (primary N) is 1. The molecule has 2 atom stereocenters. The van der Waals surface area contributed by atoms with Crippen LogP contribution in [0.25, 0.3) is 6.08 Å². The first-order valence-corrected chi connectivity index (χ1v) is 11.0. The molecule has 3 N–H and O–H groups in total. The molecule has 0 radical (unpaired) electrons. The summed E-state index contributed by atoms with van der Waals surface area (Å²) < 4.78 is 0. The lowest BCUT2D eigenvalue weighted by molar-refractivity contribution is -0.136. The van der Waals surface area contributed by atoms with E-state index in [0.29, 0.717) is 6.42 Å². The number of hydrogen-bond acceptors (Lipinski definition) is 5. The van der Waals surface area contributed by atoms with Gasteiger partial charge in [-0.1, -0.05) is 17.7 Å². The molecular formula is C21H27N3O2S. The highest BCUT2D eigenvalue weighted by Gasteiger charge is 2.39. The van der Waals surface area contributed by atoms with Crippen LogP contribution < -0.4 is 11.1 Å². The second kappa shape index (κ2) is 8.07. The minimum Gasteiger partial charge on any atom is -0.399 e. The molecule has 2 aliphatic heterocycles. The Morgan fingerprint density at radius 2 is 2.22 bits per heavy atom. The van der Waals surface area contributed by atoms with Crippen molar-refractivity contribution in [2.75, 3.05) is 30.5 Å². The molecule has 144 valence electrons. The fourth-order valence-electron chi connectivity index (χ4n) is 4.35. The molecule has 0 aromatic heterocycles. The Morgan fingerprint density at radius 3 is 3.04 bits per heavy atom. The lowest BCUT2D eigenvalue weighted by atomic mass is 9.91. The summed E-state index contributed by atoms with van der Waals surface area (Å²) in [6, 6.07) is 5.75. The normalized spacial score (nSPS) is 24.1. The average molecular weight is 386 g/mol. The van der Waals surface area contributed by atoms with Crippen molar-refractivity contribution >= 4 is 35.2 Å². The number of nitrogen functional groups attached to an aromatic ring is 1. The van der Waals surface area contributed by atoms with Crippen LogP contribution in [0.2, 0.25) is 0 Å². The molecule has 6 heteroatoms. The van der Waals surface area contributed by atoms with E-state index >= 15 is 0 Å². The first-order valence-electron chi connectivity index (χ1n) is 9.82. The van der Waals surface area contributed by atoms with E-state index in [1.54, 1.807) is 11.8 Å². The van der Waals surface area contributed by atoms with Crippen LogP contribution in [0.5, 0.6) is 0 Å². The number of fused-ring (bicyclic) bond motifs is 1. The minimum absolute atomic E-state index is 0.113. The van der Waals surface area contributed by atoms with Crippen LogP contribution in [0.15, 0.2) is 23.8 Å². The monoisotopic (exact) mass is 385 g/mol. The lowest BCUT2D eigenvalue weighted by Crippen LogP contribution is -2.47. The summed E-state index contributed by atoms with van der Waals surface area (Å²) in [5, 5.41) is 3.27. The van der Waals surface area contributed by atoms with Crippen LogP contribution in [0, 0.1) is 5.92 Å². The highest BCUT2D eigenvalue weighted by Crippen LogP contribution is 2.30. The summed E-state index contributed by atoms with van der Waals surface area (Å²) in [5.74, 6) is 1.96. The van der Waals surface area contributed by atoms with Crippen molar-refractivity contribution in [3.05, 3.63) is 34.9 Å². The number of anilines is 1. The third-order valence-electron chi connectivity index (χ3n) is 5.83. The topological polar surface area (TPSA) is 75.4 Å². The average Bonchev–Trinajstić information content (AvgIpc) is 3.40. The number of benzene rings is 1. The number of allylic oxidation sites excluding steroid dienone is 1. The van der Waals surface area contributed by atoms with E-state index in [4.69, 9.17) is 5.73 Å². The van der Waals surface area contributed by atoms with E-state index < -0.39 is 0 Å². The van der Waals surface area contributed by atoms with Gasteiger partial charge in [-0.3, -0.25) is 9.59 Å². The molecule has 2 saturated heterocycles. The molecular weight excluding hydrogens is 358 g/mol. The van der Waals surface area contributed by atoms with Gasteiger partial charge in [-0.15, -0.1) is 11.8 Å². The number of Topliss-reactive ketones (excluding diaryl/α,β-unsaturated/α-hetero) is 1. The van der Waals surface area contributed by atoms with E-state index in [-0.39, 0.29) is 23.7 Å². The standard InChI is InChI=1S/C21H27N3O2S/c22-17-5-4-15-10-14(11-16(15)12-17)2-1-3-19(25)18-6-7-23-20(18)21(26)24-8-9-27-13-24/h4-5,11-12,18,20,23H,1-3,6-10,13,22H2/t18?,20-/m1/s1. The van der Waals surface area contributed by atoms with E-state index in [1.807, 2.05) is 17.0 Å². The maximum atomic E-state index is 12.8. The first-order chi connectivity index (χ1) is 13.1. The van der Waals surface area contributed by atoms with Gasteiger partial charge in [-0.2, -0.15) is 0 Å². The van der Waals surface area contributed by atoms with Crippen molar-refractivity contribution in [1.82, 2.24) is 10.2 Å². The van der Waals surface area contributed by atoms with Crippen LogP contribution in [-0.2, 0) is 16.0 Å². The Labute approximate surface area is 164 Å². The summed E-state index contributed by atoms with van der Waals surface area (Å²) >= 11 is 1.78. The fraction of sp³-hybridized carbons (Fsp3) is 0.524. The second-order valence-corrected chi connectivity index (χ2v) is 8.80. The smallest absolute Gasteiger partial charge is 0.241 e. The number of carbonyl (C=O) groups is 2. The molecule has 1 unspecified atom stereocenters. The summed E-state index contributed by atoms with van der Waals surface area (Å²) in [6.45, 7) is 1.57. The largest absolute Gasteiger partial charge is 0.399 e. The number of nitrogens with one attached hydrogen (secondary N) is 1. The molecule has 2 heterocycles. The van der Waals surface area contributed by atoms with Crippen LogP contribution in [0.3, 0.4) is 0 Å². The highest BCUT2D eigenvalue weighted by atomic mass is 32.2. The molecule has 1 aromatic carbocycles. The number of amides is 1. The molecule has 5 nitrogen and oxygen atoms in total. The number of hydrogen-bond donors (Lipinski definition) is 2. The summed E-state index contributed by atoms with van der Waals surface area (Å²) in [5.41, 5.74) is 10.6. The van der Waals surface area contributed by atoms with Gasteiger partial charge in [0.25, 0.3) is 0 Å². The molecule has 1 aromatic rings. The van der Waals surface area contributed by atoms with Crippen molar-refractivity contribution in [2.24, 2.45) is 5.92 Å². The van der Waals surface area contributed by atoms with Gasteiger partial charge in [0.15, 0.2) is 0 Å². The summed E-state index contributed by atoms with van der Waals surface area (Å²) in [6.07, 6.45) is 6.30. The van der Waals surface area contributed by atoms with Gasteiger partial charge in [-0.25, -0.2) is 0 Å². The van der Waals surface area contributed by atoms with Gasteiger partial charge < -0.3 is 16.0 Å². The zero-order valence-corrected chi connectivity index (χ0v) is 16.4. The Morgan fingerprint density at radius 1 is 1.33 bits per heavy atom. The van der Waals surface area contributed by atoms with Crippen LogP contribution in [-0.4, -0.2) is 47.4 Å². The fourth-order valence-corrected chi connectivity index (χ4v) is 5.31. The maximum absolute atomic E-state index is 12.8. The summed E-state index contributed by atoms with van der Waals surface area (Å²) in [4.78, 5) is 27.3. The molecule has 1 aliphatic carbocycles. The van der Waals surface area contributed by atoms with E-state index in [2.05, 4.69) is 17.5 Å². The number of nitrogens with zero attached hydrogens (tertiary/aromatic N) is 1. The minimum atomic E-state index is -0.311. The van der Waals surface area contributed by atoms with Gasteiger partial charge in [0.2, 0.25) is 5.91 Å². The maximum Gasteiger partial charge on any atom is 0.241 e. The Bertz CT molecular complexity index is 771. The quantitative estimate of drug-likeness (QED) is 0.736. The van der Waals surface area contributed by atoms with Gasteiger partial charge in [-0.05, 0) is 55.5 Å². The Balaban J connectivity index is 1.28. The van der Waals surface area contributed by atoms with E-state index in [0.717, 1.165) is 56.1 Å². The number of carbonyl (C=O) groups excluding carboxylic acids is 2. The van der Waals surface area contributed by atoms with E-state index in [9.17, 15) is 9.59 Å². The molecule has 1 amide bonds. The van der Waals surface area contributed by atoms with Gasteiger partial charge in [0.05, 0.1) is 11.9 Å². The molecule has 4 rings (SSSR count). The van der Waals surface area contributed by atoms with Crippen molar-refractivity contribution in [3.8, 4) is 0 Å². The van der Waals surface area contributed by atoms with Crippen LogP contribution >= 0.6 is 11.8 Å². The summed E-state index contributed by atoms with van der Waals surface area (Å²) in [7, 11) is 0. The van der Waals surface area contributed by atoms with Gasteiger partial charge in [0, 0.05) is 30.3 Å². The molecule has 0 spiro atoms. The third kappa shape index (κ3) is 4.06. The number of rotatable bonds is 6.